The van der Waals surface area contributed by atoms with E-state index in [1.54, 1.807) is 13.8 Å². The van der Waals surface area contributed by atoms with Crippen molar-refractivity contribution in [1.82, 2.24) is 20.4 Å². The fourth-order valence-electron chi connectivity index (χ4n) is 1.97. The summed E-state index contributed by atoms with van der Waals surface area (Å²) in [6.45, 7) is 5.68. The summed E-state index contributed by atoms with van der Waals surface area (Å²) in [6, 6.07) is 1.85. The Labute approximate surface area is 123 Å². The molecule has 0 aromatic carbocycles. The second-order valence-electron chi connectivity index (χ2n) is 5.08. The Morgan fingerprint density at radius 3 is 2.57 bits per heavy atom. The third kappa shape index (κ3) is 3.36. The molecule has 0 spiro atoms. The smallest absolute Gasteiger partial charge is 0.257 e. The maximum Gasteiger partial charge on any atom is 0.257 e. The van der Waals surface area contributed by atoms with Gasteiger partial charge in [0.2, 0.25) is 5.95 Å². The topological polar surface area (TPSA) is 84.2 Å². The standard InChI is InChI=1S/C14H19N5O2/c1-8-6-11(17-14(16-8)19(4)5)7-15-13(20)12-9(2)18-21-10(12)3/h6H,7H2,1-5H3,(H,15,20). The van der Waals surface area contributed by atoms with E-state index in [9.17, 15) is 4.79 Å². The van der Waals surface area contributed by atoms with E-state index in [1.165, 1.54) is 0 Å². The van der Waals surface area contributed by atoms with Gasteiger partial charge in [-0.1, -0.05) is 5.16 Å². The predicted molar refractivity (Wildman–Crippen MR) is 78.2 cm³/mol. The van der Waals surface area contributed by atoms with E-state index in [2.05, 4.69) is 20.4 Å². The monoisotopic (exact) mass is 289 g/mol. The van der Waals surface area contributed by atoms with Crippen LogP contribution in [0.5, 0.6) is 0 Å². The van der Waals surface area contributed by atoms with Crippen molar-refractivity contribution >= 4 is 11.9 Å². The molecule has 2 rings (SSSR count). The summed E-state index contributed by atoms with van der Waals surface area (Å²) < 4.78 is 5.00. The molecule has 0 atom stereocenters. The number of rotatable bonds is 4. The fourth-order valence-corrected chi connectivity index (χ4v) is 1.97. The van der Waals surface area contributed by atoms with Crippen molar-refractivity contribution in [2.75, 3.05) is 19.0 Å². The van der Waals surface area contributed by atoms with E-state index in [4.69, 9.17) is 4.52 Å². The van der Waals surface area contributed by atoms with Crippen LogP contribution in [-0.2, 0) is 6.54 Å². The van der Waals surface area contributed by atoms with Gasteiger partial charge in [0.1, 0.15) is 11.3 Å². The van der Waals surface area contributed by atoms with Gasteiger partial charge in [0.25, 0.3) is 5.91 Å². The van der Waals surface area contributed by atoms with E-state index in [1.807, 2.05) is 32.0 Å². The van der Waals surface area contributed by atoms with Crippen LogP contribution in [-0.4, -0.2) is 35.1 Å². The fraction of sp³-hybridized carbons (Fsp3) is 0.429. The molecule has 21 heavy (non-hydrogen) atoms. The molecule has 0 bridgehead atoms. The molecule has 1 N–H and O–H groups in total. The number of amides is 1. The lowest BCUT2D eigenvalue weighted by Crippen LogP contribution is -2.25. The highest BCUT2D eigenvalue weighted by molar-refractivity contribution is 5.95. The highest BCUT2D eigenvalue weighted by Crippen LogP contribution is 2.12. The molecule has 0 aliphatic rings. The third-order valence-corrected chi connectivity index (χ3v) is 2.99. The number of carbonyl (C=O) groups excluding carboxylic acids is 1. The quantitative estimate of drug-likeness (QED) is 0.915. The number of nitrogens with one attached hydrogen (secondary N) is 1. The van der Waals surface area contributed by atoms with Crippen LogP contribution in [0.4, 0.5) is 5.95 Å². The Morgan fingerprint density at radius 2 is 2.00 bits per heavy atom. The van der Waals surface area contributed by atoms with Gasteiger partial charge >= 0.3 is 0 Å². The molecule has 0 unspecified atom stereocenters. The van der Waals surface area contributed by atoms with Crippen LogP contribution in [0.2, 0.25) is 0 Å². The number of hydrogen-bond acceptors (Lipinski definition) is 6. The Morgan fingerprint density at radius 1 is 1.29 bits per heavy atom. The minimum absolute atomic E-state index is 0.214. The van der Waals surface area contributed by atoms with E-state index in [0.717, 1.165) is 11.4 Å². The van der Waals surface area contributed by atoms with E-state index in [0.29, 0.717) is 29.5 Å². The van der Waals surface area contributed by atoms with Crippen LogP contribution in [0.15, 0.2) is 10.6 Å². The molecule has 2 heterocycles. The SMILES string of the molecule is Cc1cc(CNC(=O)c2c(C)noc2C)nc(N(C)C)n1. The van der Waals surface area contributed by atoms with Crippen molar-refractivity contribution in [3.8, 4) is 0 Å². The number of aryl methyl sites for hydroxylation is 3. The molecule has 2 aromatic heterocycles. The molecule has 7 heteroatoms. The first-order chi connectivity index (χ1) is 9.88. The first kappa shape index (κ1) is 15.0. The summed E-state index contributed by atoms with van der Waals surface area (Å²) in [5.41, 5.74) is 2.67. The van der Waals surface area contributed by atoms with Gasteiger partial charge in [0, 0.05) is 19.8 Å². The molecule has 2 aromatic rings. The number of nitrogens with zero attached hydrogens (tertiary/aromatic N) is 4. The Balaban J connectivity index is 2.11. The summed E-state index contributed by atoms with van der Waals surface area (Å²) in [6.07, 6.45) is 0. The average molecular weight is 289 g/mol. The summed E-state index contributed by atoms with van der Waals surface area (Å²) in [7, 11) is 3.75. The minimum Gasteiger partial charge on any atom is -0.361 e. The Bertz CT molecular complexity index is 644. The zero-order valence-corrected chi connectivity index (χ0v) is 12.9. The van der Waals surface area contributed by atoms with Crippen LogP contribution < -0.4 is 10.2 Å². The summed E-state index contributed by atoms with van der Waals surface area (Å²) >= 11 is 0. The van der Waals surface area contributed by atoms with Crippen molar-refractivity contribution in [2.24, 2.45) is 0 Å². The molecule has 1 amide bonds. The van der Waals surface area contributed by atoms with Gasteiger partial charge in [-0.15, -0.1) is 0 Å². The largest absolute Gasteiger partial charge is 0.361 e. The highest BCUT2D eigenvalue weighted by atomic mass is 16.5. The second-order valence-corrected chi connectivity index (χ2v) is 5.08. The summed E-state index contributed by atoms with van der Waals surface area (Å²) in [5.74, 6) is 0.920. The van der Waals surface area contributed by atoms with Crippen molar-refractivity contribution in [3.63, 3.8) is 0 Å². The summed E-state index contributed by atoms with van der Waals surface area (Å²) in [4.78, 5) is 22.7. The molecular weight excluding hydrogens is 270 g/mol. The van der Waals surface area contributed by atoms with Gasteiger partial charge in [-0.3, -0.25) is 4.79 Å². The lowest BCUT2D eigenvalue weighted by atomic mass is 10.2. The van der Waals surface area contributed by atoms with Gasteiger partial charge in [0.05, 0.1) is 17.9 Å². The second kappa shape index (κ2) is 5.90. The van der Waals surface area contributed by atoms with Crippen LogP contribution in [0.25, 0.3) is 0 Å². The third-order valence-electron chi connectivity index (χ3n) is 2.99. The van der Waals surface area contributed by atoms with Gasteiger partial charge in [0.15, 0.2) is 0 Å². The van der Waals surface area contributed by atoms with E-state index < -0.39 is 0 Å². The van der Waals surface area contributed by atoms with Crippen LogP contribution >= 0.6 is 0 Å². The minimum atomic E-state index is -0.214. The molecule has 7 nitrogen and oxygen atoms in total. The zero-order valence-electron chi connectivity index (χ0n) is 12.9. The molecule has 0 radical (unpaired) electrons. The van der Waals surface area contributed by atoms with Gasteiger partial charge in [-0.05, 0) is 26.8 Å². The highest BCUT2D eigenvalue weighted by Gasteiger charge is 2.17. The van der Waals surface area contributed by atoms with Gasteiger partial charge < -0.3 is 14.7 Å². The molecule has 0 aliphatic carbocycles. The Hall–Kier alpha value is -2.44. The first-order valence-electron chi connectivity index (χ1n) is 6.61. The molecule has 0 saturated heterocycles. The average Bonchev–Trinajstić information content (AvgIpc) is 2.75. The number of aromatic nitrogens is 3. The maximum absolute atomic E-state index is 12.2. The van der Waals surface area contributed by atoms with Crippen LogP contribution in [0.1, 0.15) is 33.2 Å². The van der Waals surface area contributed by atoms with E-state index >= 15 is 0 Å². The lowest BCUT2D eigenvalue weighted by Gasteiger charge is -2.12. The number of carbonyl (C=O) groups is 1. The van der Waals surface area contributed by atoms with Crippen molar-refractivity contribution in [2.45, 2.75) is 27.3 Å². The number of anilines is 1. The molecular formula is C14H19N5O2. The van der Waals surface area contributed by atoms with Crippen molar-refractivity contribution in [3.05, 3.63) is 34.5 Å². The Kier molecular flexibility index (Phi) is 4.21. The predicted octanol–water partition coefficient (Wildman–Crippen LogP) is 1.39. The van der Waals surface area contributed by atoms with Crippen LogP contribution in [0, 0.1) is 20.8 Å². The molecule has 0 fully saturated rings. The van der Waals surface area contributed by atoms with Crippen molar-refractivity contribution in [1.29, 1.82) is 0 Å². The lowest BCUT2D eigenvalue weighted by molar-refractivity contribution is 0.0948. The maximum atomic E-state index is 12.2. The zero-order chi connectivity index (χ0) is 15.6. The van der Waals surface area contributed by atoms with Gasteiger partial charge in [-0.25, -0.2) is 9.97 Å². The molecule has 0 aliphatic heterocycles. The molecule has 112 valence electrons. The number of hydrogen-bond donors (Lipinski definition) is 1. The summed E-state index contributed by atoms with van der Waals surface area (Å²) in [5, 5.41) is 6.60. The van der Waals surface area contributed by atoms with Crippen LogP contribution in [0.3, 0.4) is 0 Å². The van der Waals surface area contributed by atoms with Gasteiger partial charge in [-0.2, -0.15) is 0 Å². The molecule has 0 saturated carbocycles. The first-order valence-corrected chi connectivity index (χ1v) is 6.61. The van der Waals surface area contributed by atoms with Crippen molar-refractivity contribution < 1.29 is 9.32 Å². The normalized spacial score (nSPS) is 10.5. The van der Waals surface area contributed by atoms with E-state index in [-0.39, 0.29) is 5.91 Å².